The molecular formula is C23H26N2O. The molecule has 0 N–H and O–H groups in total. The number of nitrogens with zero attached hydrogens (tertiary/aromatic N) is 2. The van der Waals surface area contributed by atoms with Crippen LogP contribution in [0.4, 0.5) is 0 Å². The van der Waals surface area contributed by atoms with Gasteiger partial charge in [0.05, 0.1) is 5.52 Å². The van der Waals surface area contributed by atoms with Crippen LogP contribution in [-0.4, -0.2) is 22.6 Å². The monoisotopic (exact) mass is 346 g/mol. The first-order chi connectivity index (χ1) is 12.6. The lowest BCUT2D eigenvalue weighted by Crippen LogP contribution is -2.37. The Morgan fingerprint density at radius 1 is 0.962 bits per heavy atom. The van der Waals surface area contributed by atoms with Crippen LogP contribution >= 0.6 is 0 Å². The van der Waals surface area contributed by atoms with Gasteiger partial charge in [-0.05, 0) is 55.5 Å². The summed E-state index contributed by atoms with van der Waals surface area (Å²) in [6.07, 6.45) is 2.05. The topological polar surface area (TPSA) is 25.2 Å². The molecule has 26 heavy (non-hydrogen) atoms. The van der Waals surface area contributed by atoms with E-state index in [1.54, 1.807) is 6.07 Å². The lowest BCUT2D eigenvalue weighted by Gasteiger charge is -2.33. The maximum Gasteiger partial charge on any atom is 0.251 e. The van der Waals surface area contributed by atoms with E-state index in [2.05, 4.69) is 65.8 Å². The summed E-state index contributed by atoms with van der Waals surface area (Å²) in [5.74, 6) is 0. The zero-order valence-electron chi connectivity index (χ0n) is 15.6. The molecule has 134 valence electrons. The Morgan fingerprint density at radius 2 is 1.69 bits per heavy atom. The molecule has 0 unspecified atom stereocenters. The van der Waals surface area contributed by atoms with Gasteiger partial charge in [-0.2, -0.15) is 0 Å². The van der Waals surface area contributed by atoms with E-state index in [9.17, 15) is 4.79 Å². The molecule has 0 aliphatic carbocycles. The lowest BCUT2D eigenvalue weighted by molar-refractivity contribution is 0.180. The minimum atomic E-state index is 0.129. The molecule has 1 fully saturated rings. The van der Waals surface area contributed by atoms with Gasteiger partial charge in [-0.1, -0.05) is 36.4 Å². The average Bonchev–Trinajstić information content (AvgIpc) is 2.63. The van der Waals surface area contributed by atoms with Crippen molar-refractivity contribution in [2.24, 2.45) is 0 Å². The van der Waals surface area contributed by atoms with Crippen molar-refractivity contribution < 1.29 is 0 Å². The normalized spacial score (nSPS) is 16.2. The fourth-order valence-electron chi connectivity index (χ4n) is 4.28. The summed E-state index contributed by atoms with van der Waals surface area (Å²) in [5, 5.41) is 1.20. The van der Waals surface area contributed by atoms with E-state index in [1.807, 2.05) is 6.07 Å². The summed E-state index contributed by atoms with van der Waals surface area (Å²) in [7, 11) is 0. The van der Waals surface area contributed by atoms with E-state index >= 15 is 0 Å². The van der Waals surface area contributed by atoms with E-state index < -0.39 is 0 Å². The minimum Gasteiger partial charge on any atom is -0.305 e. The van der Waals surface area contributed by atoms with Gasteiger partial charge in [0.15, 0.2) is 0 Å². The SMILES string of the molecule is Cc1cc(C)c2ccc(=O)n(C3CCN(Cc4ccccc4)CC3)c2c1. The van der Waals surface area contributed by atoms with Crippen molar-refractivity contribution in [1.29, 1.82) is 0 Å². The summed E-state index contributed by atoms with van der Waals surface area (Å²) >= 11 is 0. The number of hydrogen-bond acceptors (Lipinski definition) is 2. The van der Waals surface area contributed by atoms with Gasteiger partial charge in [0, 0.05) is 37.1 Å². The highest BCUT2D eigenvalue weighted by Crippen LogP contribution is 2.27. The number of piperidine rings is 1. The molecule has 3 nitrogen and oxygen atoms in total. The van der Waals surface area contributed by atoms with E-state index in [0.717, 1.165) is 38.0 Å². The maximum absolute atomic E-state index is 12.7. The predicted octanol–water partition coefficient (Wildman–Crippen LogP) is 4.46. The second-order valence-corrected chi connectivity index (χ2v) is 7.55. The van der Waals surface area contributed by atoms with Gasteiger partial charge < -0.3 is 4.57 Å². The minimum absolute atomic E-state index is 0.129. The van der Waals surface area contributed by atoms with E-state index in [-0.39, 0.29) is 5.56 Å². The van der Waals surface area contributed by atoms with E-state index in [4.69, 9.17) is 0 Å². The molecule has 1 aromatic heterocycles. The fraction of sp³-hybridized carbons (Fsp3) is 0.348. The average molecular weight is 346 g/mol. The number of aromatic nitrogens is 1. The quantitative estimate of drug-likeness (QED) is 0.700. The van der Waals surface area contributed by atoms with Crippen LogP contribution in [0, 0.1) is 13.8 Å². The molecule has 1 aliphatic heterocycles. The van der Waals surface area contributed by atoms with Gasteiger partial charge in [-0.15, -0.1) is 0 Å². The van der Waals surface area contributed by atoms with Crippen molar-refractivity contribution in [1.82, 2.24) is 9.47 Å². The summed E-state index contributed by atoms with van der Waals surface area (Å²) in [4.78, 5) is 15.2. The summed E-state index contributed by atoms with van der Waals surface area (Å²) < 4.78 is 2.05. The van der Waals surface area contributed by atoms with Crippen molar-refractivity contribution in [2.75, 3.05) is 13.1 Å². The number of hydrogen-bond donors (Lipinski definition) is 0. The Morgan fingerprint density at radius 3 is 2.42 bits per heavy atom. The van der Waals surface area contributed by atoms with Crippen LogP contribution in [0.2, 0.25) is 0 Å². The molecule has 0 spiro atoms. The highest BCUT2D eigenvalue weighted by molar-refractivity contribution is 5.83. The first kappa shape index (κ1) is 17.0. The highest BCUT2D eigenvalue weighted by Gasteiger charge is 2.22. The number of likely N-dealkylation sites (tertiary alicyclic amines) is 1. The molecule has 0 radical (unpaired) electrons. The lowest BCUT2D eigenvalue weighted by atomic mass is 10.0. The third-order valence-corrected chi connectivity index (χ3v) is 5.57. The molecule has 0 amide bonds. The van der Waals surface area contributed by atoms with Crippen LogP contribution in [0.3, 0.4) is 0 Å². The van der Waals surface area contributed by atoms with Crippen LogP contribution < -0.4 is 5.56 Å². The van der Waals surface area contributed by atoms with Gasteiger partial charge >= 0.3 is 0 Å². The van der Waals surface area contributed by atoms with Crippen LogP contribution in [0.15, 0.2) is 59.4 Å². The molecular weight excluding hydrogens is 320 g/mol. The second-order valence-electron chi connectivity index (χ2n) is 7.55. The fourth-order valence-corrected chi connectivity index (χ4v) is 4.28. The molecule has 0 saturated carbocycles. The Hall–Kier alpha value is -2.39. The van der Waals surface area contributed by atoms with Gasteiger partial charge in [0.1, 0.15) is 0 Å². The molecule has 1 aliphatic rings. The first-order valence-electron chi connectivity index (χ1n) is 9.50. The number of aryl methyl sites for hydroxylation is 2. The van der Waals surface area contributed by atoms with E-state index in [1.165, 1.54) is 22.1 Å². The second kappa shape index (κ2) is 7.08. The number of benzene rings is 2. The maximum atomic E-state index is 12.7. The van der Waals surface area contributed by atoms with Gasteiger partial charge in [0.2, 0.25) is 0 Å². The van der Waals surface area contributed by atoms with Gasteiger partial charge in [0.25, 0.3) is 5.56 Å². The largest absolute Gasteiger partial charge is 0.305 e. The van der Waals surface area contributed by atoms with Crippen LogP contribution in [0.1, 0.15) is 35.6 Å². The zero-order valence-corrected chi connectivity index (χ0v) is 15.6. The summed E-state index contributed by atoms with van der Waals surface area (Å²) in [6, 6.07) is 19.0. The van der Waals surface area contributed by atoms with Crippen molar-refractivity contribution >= 4 is 10.9 Å². The predicted molar refractivity (Wildman–Crippen MR) is 108 cm³/mol. The van der Waals surface area contributed by atoms with Gasteiger partial charge in [-0.25, -0.2) is 0 Å². The highest BCUT2D eigenvalue weighted by atomic mass is 16.1. The first-order valence-corrected chi connectivity index (χ1v) is 9.50. The number of fused-ring (bicyclic) bond motifs is 1. The van der Waals surface area contributed by atoms with Crippen LogP contribution in [0.25, 0.3) is 10.9 Å². The molecule has 3 aromatic rings. The summed E-state index contributed by atoms with van der Waals surface area (Å²) in [6.45, 7) is 7.31. The smallest absolute Gasteiger partial charge is 0.251 e. The van der Waals surface area contributed by atoms with Crippen LogP contribution in [-0.2, 0) is 6.54 Å². The Bertz CT molecular complexity index is 967. The molecule has 1 saturated heterocycles. The van der Waals surface area contributed by atoms with Crippen molar-refractivity contribution in [3.8, 4) is 0 Å². The third kappa shape index (κ3) is 3.32. The molecule has 0 atom stereocenters. The zero-order chi connectivity index (χ0) is 18.1. The summed E-state index contributed by atoms with van der Waals surface area (Å²) in [5.41, 5.74) is 5.05. The molecule has 4 rings (SSSR count). The van der Waals surface area contributed by atoms with Crippen molar-refractivity contribution in [2.45, 2.75) is 39.3 Å². The number of pyridine rings is 1. The molecule has 3 heteroatoms. The van der Waals surface area contributed by atoms with Crippen molar-refractivity contribution in [3.05, 3.63) is 81.6 Å². The molecule has 0 bridgehead atoms. The third-order valence-electron chi connectivity index (χ3n) is 5.57. The van der Waals surface area contributed by atoms with E-state index in [0.29, 0.717) is 6.04 Å². The standard InChI is InChI=1S/C23H26N2O/c1-17-14-18(2)21-8-9-23(26)25(22(21)15-17)20-10-12-24(13-11-20)16-19-6-4-3-5-7-19/h3-9,14-15,20H,10-13,16H2,1-2H3. The Balaban J connectivity index is 1.58. The number of rotatable bonds is 3. The van der Waals surface area contributed by atoms with Crippen molar-refractivity contribution in [3.63, 3.8) is 0 Å². The Kier molecular flexibility index (Phi) is 4.64. The Labute approximate surface area is 154 Å². The van der Waals surface area contributed by atoms with Crippen LogP contribution in [0.5, 0.6) is 0 Å². The molecule has 2 aromatic carbocycles. The van der Waals surface area contributed by atoms with Gasteiger partial charge in [-0.3, -0.25) is 9.69 Å². The molecule has 2 heterocycles.